The molecular weight excluding hydrogens is 1070 g/mol. The normalized spacial score (nSPS) is 49.4. The number of nitrogens with one attached hydrogen (secondary N) is 1. The molecule has 6 fully saturated rings. The van der Waals surface area contributed by atoms with E-state index in [1.165, 1.54) is 26.2 Å². The molecule has 3 aliphatic heterocycles. The van der Waals surface area contributed by atoms with Gasteiger partial charge in [0.1, 0.15) is 30.0 Å². The molecule has 1 amide bonds. The third-order valence-electron chi connectivity index (χ3n) is 22.0. The van der Waals surface area contributed by atoms with E-state index >= 15 is 4.39 Å². The zero-order valence-electron chi connectivity index (χ0n) is 52.7. The third kappa shape index (κ3) is 12.4. The van der Waals surface area contributed by atoms with E-state index in [0.717, 1.165) is 6.42 Å². The zero-order valence-corrected chi connectivity index (χ0v) is 52.7. The molecule has 8 N–H and O–H groups in total. The maximum atomic E-state index is 17.9. The molecule has 3 saturated carbocycles. The van der Waals surface area contributed by atoms with Crippen molar-refractivity contribution in [3.63, 3.8) is 0 Å². The van der Waals surface area contributed by atoms with Crippen molar-refractivity contribution in [1.29, 1.82) is 0 Å². The Morgan fingerprint density at radius 1 is 0.904 bits per heavy atom. The fourth-order valence-electron chi connectivity index (χ4n) is 17.0. The van der Waals surface area contributed by atoms with E-state index in [4.69, 9.17) is 28.4 Å². The van der Waals surface area contributed by atoms with Gasteiger partial charge in [-0.05, 0) is 157 Å². The van der Waals surface area contributed by atoms with E-state index in [-0.39, 0.29) is 69.2 Å². The lowest BCUT2D eigenvalue weighted by atomic mass is 9.44. The number of amides is 1. The molecule has 3 saturated heterocycles. The number of rotatable bonds is 14. The average molecular weight is 1180 g/mol. The summed E-state index contributed by atoms with van der Waals surface area (Å²) in [6, 6.07) is -1.15. The Bertz CT molecular complexity index is 2340. The van der Waals surface area contributed by atoms with Gasteiger partial charge in [0.05, 0.1) is 47.6 Å². The van der Waals surface area contributed by atoms with Gasteiger partial charge in [-0.2, -0.15) is 0 Å². The predicted molar refractivity (Wildman–Crippen MR) is 308 cm³/mol. The highest BCUT2D eigenvalue weighted by Gasteiger charge is 2.76. The number of cyclic esters (lactones) is 1. The maximum Gasteiger partial charge on any atom is 0.311 e. The Hall–Kier alpha value is -2.54. The Morgan fingerprint density at radius 2 is 1.58 bits per heavy atom. The maximum absolute atomic E-state index is 17.9. The summed E-state index contributed by atoms with van der Waals surface area (Å²) in [5.74, 6) is -5.72. The second kappa shape index (κ2) is 25.5. The van der Waals surface area contributed by atoms with Crippen LogP contribution in [0.25, 0.3) is 0 Å². The van der Waals surface area contributed by atoms with Crippen LogP contribution in [-0.2, 0) is 42.8 Å². The molecule has 0 aromatic rings. The molecule has 0 spiro atoms. The highest BCUT2D eigenvalue weighted by molar-refractivity contribution is 6.01. The average Bonchev–Trinajstić information content (AvgIpc) is 1.93. The van der Waals surface area contributed by atoms with Gasteiger partial charge in [-0.15, -0.1) is 0 Å². The fraction of sp³-hybridized carbons (Fsp3) is 0.889. The second-order valence-electron chi connectivity index (χ2n) is 28.0. The number of hydrogen-bond acceptors (Lipinski definition) is 18. The van der Waals surface area contributed by atoms with Gasteiger partial charge in [-0.3, -0.25) is 19.3 Å². The van der Waals surface area contributed by atoms with Crippen LogP contribution < -0.4 is 5.32 Å². The van der Waals surface area contributed by atoms with Crippen molar-refractivity contribution in [2.45, 2.75) is 269 Å². The van der Waals surface area contributed by atoms with E-state index in [9.17, 15) is 50.1 Å². The molecule has 476 valence electrons. The van der Waals surface area contributed by atoms with Crippen molar-refractivity contribution in [3.05, 3.63) is 23.8 Å². The quantitative estimate of drug-likeness (QED) is 0.0849. The summed E-state index contributed by atoms with van der Waals surface area (Å²) in [6.07, 6.45) is -4.75. The molecule has 7 aliphatic rings. The van der Waals surface area contributed by atoms with Crippen LogP contribution in [0.3, 0.4) is 0 Å². The molecule has 0 aromatic carbocycles. The van der Waals surface area contributed by atoms with E-state index in [1.54, 1.807) is 75.3 Å². The largest absolute Gasteiger partial charge is 0.459 e. The molecule has 3 heterocycles. The zero-order chi connectivity index (χ0) is 61.9. The Morgan fingerprint density at radius 3 is 2.22 bits per heavy atom. The monoisotopic (exact) mass is 1180 g/mol. The number of nitrogens with zero attached hydrogens (tertiary/aromatic N) is 2. The van der Waals surface area contributed by atoms with Crippen molar-refractivity contribution in [2.75, 3.05) is 40.3 Å². The third-order valence-corrected chi connectivity index (χ3v) is 22.0. The van der Waals surface area contributed by atoms with Crippen molar-refractivity contribution in [3.8, 4) is 0 Å². The SMILES string of the molecule is CCCN(C)[C@H]1C[C@@H](C)O[C@@H](O[C@@H]2[C@@H](C)[C@H](O[C@H]3C[C@@](C)(OC)[C@@H](O)[C@H](C)O3)[C@@H](C)C(=O)O[C@H](CC)[C@@](C)(O)[C@H](O)[C@@H](C)N(CCCNC(=O)[C@@]3(O)[C@H](C)CC4C5CCC6=CC(=O)C=C[C@]6(C)[C@@]5(F)[C@@H](O)C[C@@]43C)C[C@H](C)C[C@@]2(C)O)[C@@H]1O. The minimum Gasteiger partial charge on any atom is -0.459 e. The van der Waals surface area contributed by atoms with E-state index in [1.807, 2.05) is 25.8 Å². The number of carbonyl (C=O) groups is 3. The summed E-state index contributed by atoms with van der Waals surface area (Å²) in [5, 5.41) is 88.9. The Balaban J connectivity index is 1.17. The number of ether oxygens (including phenoxy) is 6. The number of ketones is 1. The molecule has 83 heavy (non-hydrogen) atoms. The molecule has 2 unspecified atom stereocenters. The lowest BCUT2D eigenvalue weighted by molar-refractivity contribution is -0.318. The van der Waals surface area contributed by atoms with Crippen LogP contribution in [-0.4, -0.2) is 211 Å². The van der Waals surface area contributed by atoms with Crippen LogP contribution >= 0.6 is 0 Å². The first-order valence-corrected chi connectivity index (χ1v) is 31.2. The number of carbonyl (C=O) groups excluding carboxylic acids is 3. The van der Waals surface area contributed by atoms with Crippen LogP contribution in [0, 0.1) is 46.3 Å². The molecule has 20 heteroatoms. The fourth-order valence-corrected chi connectivity index (χ4v) is 17.0. The van der Waals surface area contributed by atoms with Crippen LogP contribution in [0.4, 0.5) is 4.39 Å². The molecule has 26 atom stereocenters. The summed E-state index contributed by atoms with van der Waals surface area (Å²) in [5.41, 5.74) is -10.7. The summed E-state index contributed by atoms with van der Waals surface area (Å²) < 4.78 is 56.5. The number of likely N-dealkylation sites (N-methyl/N-ethyl adjacent to an activating group) is 1. The lowest BCUT2D eigenvalue weighted by Crippen LogP contribution is -2.70. The number of hydrogen-bond donors (Lipinski definition) is 8. The predicted octanol–water partition coefficient (Wildman–Crippen LogP) is 4.91. The van der Waals surface area contributed by atoms with Gasteiger partial charge in [0.25, 0.3) is 5.91 Å². The molecule has 0 bridgehead atoms. The van der Waals surface area contributed by atoms with Gasteiger partial charge in [-0.1, -0.05) is 53.2 Å². The highest BCUT2D eigenvalue weighted by Crippen LogP contribution is 2.70. The second-order valence-corrected chi connectivity index (χ2v) is 28.0. The summed E-state index contributed by atoms with van der Waals surface area (Å²) in [6.45, 7) is 25.9. The first-order valence-electron chi connectivity index (χ1n) is 31.2. The topological polar surface area (TPSA) is 267 Å². The molecule has 0 radical (unpaired) electrons. The summed E-state index contributed by atoms with van der Waals surface area (Å²) in [7, 11) is 3.43. The van der Waals surface area contributed by atoms with Gasteiger partial charge in [0, 0.05) is 67.9 Å². The first kappa shape index (κ1) is 68.0. The smallest absolute Gasteiger partial charge is 0.311 e. The number of halogens is 1. The molecule has 4 aliphatic carbocycles. The number of allylic oxidation sites excluding steroid dienone is 4. The van der Waals surface area contributed by atoms with Gasteiger partial charge >= 0.3 is 5.97 Å². The number of esters is 1. The number of methoxy groups -OCH3 is 1. The van der Waals surface area contributed by atoms with Gasteiger partial charge in [0.2, 0.25) is 0 Å². The number of alkyl halides is 1. The van der Waals surface area contributed by atoms with Crippen molar-refractivity contribution >= 4 is 17.7 Å². The van der Waals surface area contributed by atoms with Crippen LogP contribution in [0.2, 0.25) is 0 Å². The minimum atomic E-state index is -2.13. The summed E-state index contributed by atoms with van der Waals surface area (Å²) in [4.78, 5) is 45.9. The minimum absolute atomic E-state index is 0.0652. The Kier molecular flexibility index (Phi) is 20.9. The Labute approximate surface area is 493 Å². The van der Waals surface area contributed by atoms with Crippen LogP contribution in [0.5, 0.6) is 0 Å². The first-order chi connectivity index (χ1) is 38.5. The lowest BCUT2D eigenvalue weighted by Gasteiger charge is -2.62. The van der Waals surface area contributed by atoms with E-state index in [0.29, 0.717) is 44.2 Å². The molecule has 0 aromatic heterocycles. The molecule has 7 rings (SSSR count). The highest BCUT2D eigenvalue weighted by atomic mass is 19.1. The van der Waals surface area contributed by atoms with Crippen LogP contribution in [0.15, 0.2) is 23.8 Å². The van der Waals surface area contributed by atoms with Gasteiger partial charge in [-0.25, -0.2) is 4.39 Å². The molecular formula is C63H106FN3O16. The van der Waals surface area contributed by atoms with Crippen LogP contribution in [0.1, 0.15) is 161 Å². The number of aliphatic hydroxyl groups excluding tert-OH is 4. The van der Waals surface area contributed by atoms with Gasteiger partial charge < -0.3 is 74.4 Å². The van der Waals surface area contributed by atoms with Crippen molar-refractivity contribution in [1.82, 2.24) is 15.1 Å². The number of fused-ring (bicyclic) bond motifs is 5. The number of aliphatic hydroxyl groups is 7. The standard InChI is InChI=1S/C63H106FN3O16/c1-17-25-66(15)45-28-36(5)79-55(49(45)70)83-53-37(6)50(82-48-32-60(13,78-16)52(72)40(9)80-48)38(7)54(73)81-47(18-2)61(14,76)51(71)39(8)67(33-34(3)30-59(53,12)75)26-19-24-65-56(74)63(77)35(4)27-44-43-21-20-41-29-42(68)22-23-57(41,10)62(43,64)46(69)31-58(44,63)11/h22-23,29,34-40,43-53,55,69-72,75-77H,17-21,24-28,30-33H2,1-16H3,(H,65,74)/t34-,35-,36-,37+,38-,39-,40+,43?,44?,45+,46+,47-,48+,49-,50+,51-,52+,53-,55+,57+,58+,59-,60-,61-,62+,63+/m1/s1. The molecule has 19 nitrogen and oxygen atoms in total. The van der Waals surface area contributed by atoms with Gasteiger partial charge in [0.15, 0.2) is 29.6 Å². The van der Waals surface area contributed by atoms with E-state index in [2.05, 4.69) is 17.1 Å². The summed E-state index contributed by atoms with van der Waals surface area (Å²) >= 11 is 0. The van der Waals surface area contributed by atoms with Crippen molar-refractivity contribution in [2.24, 2.45) is 46.3 Å². The van der Waals surface area contributed by atoms with E-state index < -0.39 is 148 Å². The van der Waals surface area contributed by atoms with Crippen molar-refractivity contribution < 1.29 is 82.9 Å².